The Hall–Kier alpha value is -2.99. The average Bonchev–Trinajstić information content (AvgIpc) is 3.36. The molecule has 2 amide bonds. The van der Waals surface area contributed by atoms with Crippen LogP contribution in [0, 0.1) is 0 Å². The maximum Gasteiger partial charge on any atom is 0.293 e. The molecule has 1 fully saturated rings. The second-order valence-corrected chi connectivity index (χ2v) is 10.5. The topological polar surface area (TPSA) is 42.3 Å². The van der Waals surface area contributed by atoms with Gasteiger partial charge in [-0.3, -0.25) is 14.5 Å². The van der Waals surface area contributed by atoms with Crippen molar-refractivity contribution in [3.63, 3.8) is 0 Å². The van der Waals surface area contributed by atoms with Crippen LogP contribution in [0.2, 0.25) is 10.0 Å². The Morgan fingerprint density at radius 3 is 2.47 bits per heavy atom. The Morgan fingerprint density at radius 2 is 1.72 bits per heavy atom. The van der Waals surface area contributed by atoms with E-state index in [1.807, 2.05) is 60.8 Å². The van der Waals surface area contributed by atoms with Crippen LogP contribution in [0.15, 0.2) is 77.8 Å². The van der Waals surface area contributed by atoms with Crippen molar-refractivity contribution in [1.29, 1.82) is 0 Å². The van der Waals surface area contributed by atoms with Crippen LogP contribution in [0.3, 0.4) is 0 Å². The van der Waals surface area contributed by atoms with Crippen molar-refractivity contribution >= 4 is 63.1 Å². The fourth-order valence-electron chi connectivity index (χ4n) is 4.54. The number of hydrogen-bond donors (Lipinski definition) is 0. The summed E-state index contributed by atoms with van der Waals surface area (Å²) < 4.78 is 2.18. The molecule has 0 atom stereocenters. The van der Waals surface area contributed by atoms with E-state index in [-0.39, 0.29) is 11.1 Å². The molecule has 3 aromatic carbocycles. The molecule has 4 aromatic rings. The van der Waals surface area contributed by atoms with E-state index < -0.39 is 0 Å². The van der Waals surface area contributed by atoms with E-state index in [1.54, 1.807) is 6.07 Å². The van der Waals surface area contributed by atoms with Crippen LogP contribution < -0.4 is 0 Å². The molecule has 0 N–H and O–H groups in total. The van der Waals surface area contributed by atoms with Gasteiger partial charge in [-0.25, -0.2) is 0 Å². The van der Waals surface area contributed by atoms with E-state index in [0.29, 0.717) is 34.5 Å². The van der Waals surface area contributed by atoms with E-state index in [2.05, 4.69) is 23.6 Å². The molecule has 0 aliphatic carbocycles. The van der Waals surface area contributed by atoms with Crippen molar-refractivity contribution in [2.75, 3.05) is 6.54 Å². The maximum absolute atomic E-state index is 13.1. The number of imide groups is 1. The lowest BCUT2D eigenvalue weighted by molar-refractivity contribution is -0.122. The van der Waals surface area contributed by atoms with Crippen molar-refractivity contribution in [3.8, 4) is 0 Å². The first-order valence-corrected chi connectivity index (χ1v) is 13.4. The summed E-state index contributed by atoms with van der Waals surface area (Å²) >= 11 is 13.4. The number of carbonyl (C=O) groups is 2. The van der Waals surface area contributed by atoms with E-state index in [1.165, 1.54) is 10.5 Å². The number of para-hydroxylation sites is 1. The van der Waals surface area contributed by atoms with Crippen molar-refractivity contribution in [2.45, 2.75) is 26.3 Å². The van der Waals surface area contributed by atoms with Crippen LogP contribution in [0.5, 0.6) is 0 Å². The minimum Gasteiger partial charge on any atom is -0.342 e. The van der Waals surface area contributed by atoms with Crippen molar-refractivity contribution < 1.29 is 9.59 Å². The van der Waals surface area contributed by atoms with Crippen molar-refractivity contribution in [1.82, 2.24) is 9.47 Å². The van der Waals surface area contributed by atoms with Crippen LogP contribution in [0.25, 0.3) is 17.0 Å². The highest BCUT2D eigenvalue weighted by Crippen LogP contribution is 2.35. The molecule has 1 aromatic heterocycles. The van der Waals surface area contributed by atoms with E-state index in [0.717, 1.165) is 45.8 Å². The first-order valence-electron chi connectivity index (χ1n) is 11.8. The van der Waals surface area contributed by atoms with E-state index in [4.69, 9.17) is 23.2 Å². The Labute approximate surface area is 224 Å². The minimum absolute atomic E-state index is 0.226. The number of carbonyl (C=O) groups excluding carboxylic acids is 2. The van der Waals surface area contributed by atoms with Gasteiger partial charge in [-0.1, -0.05) is 84.7 Å². The van der Waals surface area contributed by atoms with Gasteiger partial charge in [0.15, 0.2) is 0 Å². The number of nitrogens with zero attached hydrogens (tertiary/aromatic N) is 2. The molecule has 0 radical (unpaired) electrons. The van der Waals surface area contributed by atoms with Gasteiger partial charge in [0.05, 0.1) is 20.5 Å². The summed E-state index contributed by atoms with van der Waals surface area (Å²) in [4.78, 5) is 27.6. The van der Waals surface area contributed by atoms with Crippen molar-refractivity contribution in [2.24, 2.45) is 0 Å². The Balaban J connectivity index is 1.47. The van der Waals surface area contributed by atoms with Crippen LogP contribution in [-0.2, 0) is 24.2 Å². The molecule has 1 saturated heterocycles. The van der Waals surface area contributed by atoms with Crippen LogP contribution in [-0.4, -0.2) is 27.2 Å². The fraction of sp³-hybridized carbons (Fsp3) is 0.172. The van der Waals surface area contributed by atoms with Gasteiger partial charge in [0.25, 0.3) is 11.1 Å². The Bertz CT molecular complexity index is 1490. The Kier molecular flexibility index (Phi) is 7.24. The summed E-state index contributed by atoms with van der Waals surface area (Å²) in [5, 5.41) is 1.86. The number of aryl methyl sites for hydroxylation is 1. The monoisotopic (exact) mass is 534 g/mol. The Morgan fingerprint density at radius 1 is 0.917 bits per heavy atom. The van der Waals surface area contributed by atoms with E-state index >= 15 is 0 Å². The third kappa shape index (κ3) is 4.96. The molecular weight excluding hydrogens is 511 g/mol. The molecule has 182 valence electrons. The zero-order valence-corrected chi connectivity index (χ0v) is 22.0. The van der Waals surface area contributed by atoms with Gasteiger partial charge in [-0.2, -0.15) is 0 Å². The lowest BCUT2D eigenvalue weighted by Gasteiger charge is -2.12. The zero-order valence-electron chi connectivity index (χ0n) is 19.7. The third-order valence-corrected chi connectivity index (χ3v) is 8.00. The highest BCUT2D eigenvalue weighted by molar-refractivity contribution is 8.18. The van der Waals surface area contributed by atoms with E-state index in [9.17, 15) is 9.59 Å². The molecule has 1 aliphatic rings. The second-order valence-electron chi connectivity index (χ2n) is 8.70. The lowest BCUT2D eigenvalue weighted by Crippen LogP contribution is -2.30. The summed E-state index contributed by atoms with van der Waals surface area (Å²) in [6.07, 6.45) is 5.40. The molecule has 36 heavy (non-hydrogen) atoms. The smallest absolute Gasteiger partial charge is 0.293 e. The highest BCUT2D eigenvalue weighted by Gasteiger charge is 2.34. The molecule has 7 heteroatoms. The highest BCUT2D eigenvalue weighted by atomic mass is 35.5. The number of hydrogen-bond acceptors (Lipinski definition) is 3. The number of amides is 2. The largest absolute Gasteiger partial charge is 0.342 e. The summed E-state index contributed by atoms with van der Waals surface area (Å²) in [6, 6.07) is 21.7. The van der Waals surface area contributed by atoms with Crippen molar-refractivity contribution in [3.05, 3.63) is 110 Å². The molecule has 1 aliphatic heterocycles. The van der Waals surface area contributed by atoms with Crippen LogP contribution in [0.4, 0.5) is 4.79 Å². The SMILES string of the molecule is CCc1cccc2c(/C=C3\SC(=O)N(CCc4ccccc4)C3=O)cn(Cc3ccc(Cl)c(Cl)c3)c12. The molecule has 0 unspecified atom stereocenters. The summed E-state index contributed by atoms with van der Waals surface area (Å²) in [5.74, 6) is -0.238. The van der Waals surface area contributed by atoms with Crippen LogP contribution in [0.1, 0.15) is 29.2 Å². The second kappa shape index (κ2) is 10.6. The van der Waals surface area contributed by atoms with Gasteiger partial charge in [0.1, 0.15) is 0 Å². The number of thioether (sulfide) groups is 1. The van der Waals surface area contributed by atoms with Gasteiger partial charge < -0.3 is 4.57 Å². The van der Waals surface area contributed by atoms with Gasteiger partial charge in [0, 0.05) is 30.2 Å². The predicted octanol–water partition coefficient (Wildman–Crippen LogP) is 7.84. The van der Waals surface area contributed by atoms with Gasteiger partial charge >= 0.3 is 0 Å². The summed E-state index contributed by atoms with van der Waals surface area (Å²) in [5.41, 5.74) is 5.36. The van der Waals surface area contributed by atoms with Gasteiger partial charge in [-0.15, -0.1) is 0 Å². The standard InChI is InChI=1S/C29H24Cl2N2O2S/c1-2-21-9-6-10-23-22(18-32(27(21)23)17-20-11-12-24(30)25(31)15-20)16-26-28(34)33(29(35)36-26)14-13-19-7-4-3-5-8-19/h3-12,15-16,18H,2,13-14,17H2,1H3/b26-16-. The molecular formula is C29H24Cl2N2O2S. The average molecular weight is 535 g/mol. The summed E-state index contributed by atoms with van der Waals surface area (Å²) in [7, 11) is 0. The fourth-order valence-corrected chi connectivity index (χ4v) is 5.72. The number of halogens is 2. The zero-order chi connectivity index (χ0) is 25.2. The maximum atomic E-state index is 13.1. The number of fused-ring (bicyclic) bond motifs is 1. The molecule has 0 saturated carbocycles. The molecule has 0 spiro atoms. The lowest BCUT2D eigenvalue weighted by atomic mass is 10.1. The number of rotatable bonds is 7. The number of benzene rings is 3. The minimum atomic E-state index is -0.238. The third-order valence-electron chi connectivity index (χ3n) is 6.36. The quantitative estimate of drug-likeness (QED) is 0.227. The van der Waals surface area contributed by atoms with Crippen LogP contribution >= 0.6 is 35.0 Å². The molecule has 2 heterocycles. The molecule has 5 rings (SSSR count). The predicted molar refractivity (Wildman–Crippen MR) is 150 cm³/mol. The molecule has 0 bridgehead atoms. The van der Waals surface area contributed by atoms with Gasteiger partial charge in [-0.05, 0) is 59.5 Å². The summed E-state index contributed by atoms with van der Waals surface area (Å²) in [6.45, 7) is 3.10. The van der Waals surface area contributed by atoms with Gasteiger partial charge in [0.2, 0.25) is 0 Å². The number of aromatic nitrogens is 1. The molecule has 4 nitrogen and oxygen atoms in total. The first-order chi connectivity index (χ1) is 17.4. The first kappa shape index (κ1) is 24.7. The normalized spacial score (nSPS) is 15.0.